The number of rotatable bonds is 8. The van der Waals surface area contributed by atoms with Gasteiger partial charge in [0.05, 0.1) is 30.1 Å². The molecular weight excluding hydrogens is 260 g/mol. The Kier molecular flexibility index (Phi) is 5.55. The molecule has 0 amide bonds. The number of aliphatic carboxylic acids is 1. The summed E-state index contributed by atoms with van der Waals surface area (Å²) >= 11 is 0. The van der Waals surface area contributed by atoms with Crippen LogP contribution in [0, 0.1) is 5.41 Å². The number of ether oxygens (including phenoxy) is 2. The fourth-order valence-electron chi connectivity index (χ4n) is 2.15. The summed E-state index contributed by atoms with van der Waals surface area (Å²) in [6.45, 7) is 1.39. The van der Waals surface area contributed by atoms with E-state index in [1.807, 2.05) is 0 Å². The Morgan fingerprint density at radius 3 is 2.56 bits per heavy atom. The number of carboxylic acids is 1. The van der Waals surface area contributed by atoms with E-state index in [0.29, 0.717) is 32.7 Å². The van der Waals surface area contributed by atoms with Crippen LogP contribution >= 0.6 is 0 Å². The monoisotopic (exact) mass is 280 g/mol. The first-order chi connectivity index (χ1) is 8.42. The smallest absolute Gasteiger partial charge is 0.310 e. The molecule has 6 nitrogen and oxygen atoms in total. The molecule has 0 bridgehead atoms. The highest BCUT2D eigenvalue weighted by atomic mass is 32.2. The highest BCUT2D eigenvalue weighted by molar-refractivity contribution is 7.91. The van der Waals surface area contributed by atoms with Gasteiger partial charge in [-0.1, -0.05) is 0 Å². The van der Waals surface area contributed by atoms with Crippen molar-refractivity contribution in [1.82, 2.24) is 0 Å². The average molecular weight is 280 g/mol. The van der Waals surface area contributed by atoms with Crippen LogP contribution in [0.25, 0.3) is 0 Å². The molecule has 0 saturated carbocycles. The average Bonchev–Trinajstić information content (AvgIpc) is 2.61. The lowest BCUT2D eigenvalue weighted by atomic mass is 9.83. The molecule has 0 spiro atoms. The zero-order valence-corrected chi connectivity index (χ0v) is 11.4. The van der Waals surface area contributed by atoms with Crippen LogP contribution in [0.4, 0.5) is 0 Å². The molecule has 1 unspecified atom stereocenters. The van der Waals surface area contributed by atoms with E-state index in [4.69, 9.17) is 9.47 Å². The summed E-state index contributed by atoms with van der Waals surface area (Å²) in [5, 5.41) is 9.21. The Morgan fingerprint density at radius 1 is 1.33 bits per heavy atom. The number of methoxy groups -OCH3 is 1. The Bertz CT molecular complexity index is 377. The quantitative estimate of drug-likeness (QED) is 0.644. The highest BCUT2D eigenvalue weighted by Gasteiger charge is 2.47. The maximum absolute atomic E-state index is 11.4. The van der Waals surface area contributed by atoms with Gasteiger partial charge in [0.2, 0.25) is 0 Å². The van der Waals surface area contributed by atoms with E-state index in [0.717, 1.165) is 0 Å². The zero-order valence-electron chi connectivity index (χ0n) is 10.6. The van der Waals surface area contributed by atoms with Crippen LogP contribution in [0.5, 0.6) is 0 Å². The minimum Gasteiger partial charge on any atom is -0.481 e. The summed E-state index contributed by atoms with van der Waals surface area (Å²) in [4.78, 5) is 11.3. The van der Waals surface area contributed by atoms with E-state index in [2.05, 4.69) is 0 Å². The van der Waals surface area contributed by atoms with Gasteiger partial charge in [-0.15, -0.1) is 0 Å². The van der Waals surface area contributed by atoms with Crippen LogP contribution in [0.2, 0.25) is 0 Å². The molecule has 1 fully saturated rings. The van der Waals surface area contributed by atoms with Crippen molar-refractivity contribution < 1.29 is 27.8 Å². The molecule has 1 aliphatic heterocycles. The number of sulfone groups is 1. The van der Waals surface area contributed by atoms with Gasteiger partial charge in [-0.2, -0.15) is 0 Å². The minimum absolute atomic E-state index is 0.0240. The highest BCUT2D eigenvalue weighted by Crippen LogP contribution is 2.37. The van der Waals surface area contributed by atoms with Crippen molar-refractivity contribution in [1.29, 1.82) is 0 Å². The maximum Gasteiger partial charge on any atom is 0.310 e. The summed E-state index contributed by atoms with van der Waals surface area (Å²) in [6.07, 6.45) is 1.10. The molecule has 1 rings (SSSR count). The van der Waals surface area contributed by atoms with Gasteiger partial charge in [0.15, 0.2) is 9.84 Å². The van der Waals surface area contributed by atoms with Crippen molar-refractivity contribution in [2.75, 3.05) is 38.4 Å². The first-order valence-corrected chi connectivity index (χ1v) is 7.74. The molecule has 0 aromatic heterocycles. The van der Waals surface area contributed by atoms with Crippen LogP contribution in [0.1, 0.15) is 19.3 Å². The van der Waals surface area contributed by atoms with Gasteiger partial charge < -0.3 is 14.6 Å². The molecular formula is C11H20O6S. The number of hydrogen-bond acceptors (Lipinski definition) is 5. The molecule has 18 heavy (non-hydrogen) atoms. The molecule has 7 heteroatoms. The van der Waals surface area contributed by atoms with Crippen LogP contribution < -0.4 is 0 Å². The second-order valence-corrected chi connectivity index (χ2v) is 6.82. The topological polar surface area (TPSA) is 89.9 Å². The van der Waals surface area contributed by atoms with E-state index in [-0.39, 0.29) is 17.9 Å². The molecule has 1 aliphatic rings. The molecule has 1 heterocycles. The van der Waals surface area contributed by atoms with Crippen molar-refractivity contribution in [2.45, 2.75) is 19.3 Å². The van der Waals surface area contributed by atoms with E-state index in [9.17, 15) is 18.3 Å². The van der Waals surface area contributed by atoms with Gasteiger partial charge in [0.25, 0.3) is 0 Å². The third kappa shape index (κ3) is 4.22. The lowest BCUT2D eigenvalue weighted by Gasteiger charge is -2.21. The fourth-order valence-corrected chi connectivity index (χ4v) is 4.25. The molecule has 106 valence electrons. The Labute approximate surface area is 107 Å². The predicted molar refractivity (Wildman–Crippen MR) is 65.3 cm³/mol. The zero-order chi connectivity index (χ0) is 13.6. The standard InChI is InChI=1S/C11H20O6S/c1-16-6-7-17-5-2-3-11(10(12)13)4-8-18(14,15)9-11/h2-9H2,1H3,(H,12,13). The molecule has 0 aromatic rings. The third-order valence-electron chi connectivity index (χ3n) is 3.22. The summed E-state index contributed by atoms with van der Waals surface area (Å²) in [5.41, 5.74) is -1.11. The second-order valence-electron chi connectivity index (χ2n) is 4.64. The van der Waals surface area contributed by atoms with Crippen molar-refractivity contribution in [2.24, 2.45) is 5.41 Å². The van der Waals surface area contributed by atoms with Crippen LogP contribution in [0.3, 0.4) is 0 Å². The van der Waals surface area contributed by atoms with E-state index in [1.54, 1.807) is 7.11 Å². The van der Waals surface area contributed by atoms with Crippen molar-refractivity contribution in [3.8, 4) is 0 Å². The third-order valence-corrected chi connectivity index (χ3v) is 5.04. The predicted octanol–water partition coefficient (Wildman–Crippen LogP) is 0.319. The lowest BCUT2D eigenvalue weighted by Crippen LogP contribution is -2.32. The van der Waals surface area contributed by atoms with Gasteiger partial charge >= 0.3 is 5.97 Å². The summed E-state index contributed by atoms with van der Waals surface area (Å²) in [5.74, 6) is -1.28. The van der Waals surface area contributed by atoms with E-state index in [1.165, 1.54) is 0 Å². The Hall–Kier alpha value is -0.660. The van der Waals surface area contributed by atoms with E-state index < -0.39 is 21.2 Å². The van der Waals surface area contributed by atoms with Gasteiger partial charge in [0, 0.05) is 13.7 Å². The van der Waals surface area contributed by atoms with Crippen LogP contribution in [-0.2, 0) is 24.1 Å². The first kappa shape index (κ1) is 15.4. The van der Waals surface area contributed by atoms with E-state index >= 15 is 0 Å². The SMILES string of the molecule is COCCOCCCC1(C(=O)O)CCS(=O)(=O)C1. The molecule has 1 N–H and O–H groups in total. The Morgan fingerprint density at radius 2 is 2.06 bits per heavy atom. The number of hydrogen-bond donors (Lipinski definition) is 1. The van der Waals surface area contributed by atoms with Gasteiger partial charge in [-0.3, -0.25) is 4.79 Å². The van der Waals surface area contributed by atoms with Gasteiger partial charge in [0.1, 0.15) is 0 Å². The molecule has 0 aromatic carbocycles. The van der Waals surface area contributed by atoms with Crippen molar-refractivity contribution in [3.63, 3.8) is 0 Å². The van der Waals surface area contributed by atoms with Crippen molar-refractivity contribution >= 4 is 15.8 Å². The lowest BCUT2D eigenvalue weighted by molar-refractivity contribution is -0.148. The minimum atomic E-state index is -3.19. The summed E-state index contributed by atoms with van der Waals surface area (Å²) in [7, 11) is -1.62. The number of carbonyl (C=O) groups is 1. The summed E-state index contributed by atoms with van der Waals surface area (Å²) < 4.78 is 32.9. The fraction of sp³-hybridized carbons (Fsp3) is 0.909. The largest absolute Gasteiger partial charge is 0.481 e. The normalized spacial score (nSPS) is 26.3. The maximum atomic E-state index is 11.4. The molecule has 1 saturated heterocycles. The Balaban J connectivity index is 2.39. The molecule has 1 atom stereocenters. The van der Waals surface area contributed by atoms with Crippen molar-refractivity contribution in [3.05, 3.63) is 0 Å². The van der Waals surface area contributed by atoms with Crippen LogP contribution in [-0.4, -0.2) is 57.9 Å². The molecule has 0 radical (unpaired) electrons. The second kappa shape index (κ2) is 6.49. The van der Waals surface area contributed by atoms with Gasteiger partial charge in [-0.25, -0.2) is 8.42 Å². The van der Waals surface area contributed by atoms with Crippen LogP contribution in [0.15, 0.2) is 0 Å². The first-order valence-electron chi connectivity index (χ1n) is 5.92. The summed E-state index contributed by atoms with van der Waals surface area (Å²) in [6, 6.07) is 0. The number of carboxylic acid groups (broad SMARTS) is 1. The molecule has 0 aliphatic carbocycles. The van der Waals surface area contributed by atoms with Gasteiger partial charge in [-0.05, 0) is 19.3 Å².